The van der Waals surface area contributed by atoms with Crippen LogP contribution in [0.3, 0.4) is 0 Å². The molecule has 2 heterocycles. The molecule has 1 N–H and O–H groups in total. The highest BCUT2D eigenvalue weighted by Gasteiger charge is 2.26. The summed E-state index contributed by atoms with van der Waals surface area (Å²) in [7, 11) is 1.49. The minimum absolute atomic E-state index is 0.323. The lowest BCUT2D eigenvalue weighted by Gasteiger charge is -2.35. The monoisotopic (exact) mass is 390 g/mol. The number of benzene rings is 2. The predicted octanol–water partition coefficient (Wildman–Crippen LogP) is 2.93. The number of rotatable bonds is 5. The fourth-order valence-electron chi connectivity index (χ4n) is 3.36. The van der Waals surface area contributed by atoms with Gasteiger partial charge in [-0.1, -0.05) is 18.2 Å². The Morgan fingerprint density at radius 1 is 1.24 bits per heavy atom. The van der Waals surface area contributed by atoms with Crippen molar-refractivity contribution < 1.29 is 14.2 Å². The summed E-state index contributed by atoms with van der Waals surface area (Å²) in [6.07, 6.45) is 3.34. The van der Waals surface area contributed by atoms with Crippen LogP contribution in [0.2, 0.25) is 0 Å². The van der Waals surface area contributed by atoms with E-state index < -0.39 is 5.82 Å². The third kappa shape index (κ3) is 3.75. The second-order valence-electron chi connectivity index (χ2n) is 6.94. The second-order valence-corrected chi connectivity index (χ2v) is 6.94. The fourth-order valence-corrected chi connectivity index (χ4v) is 3.36. The summed E-state index contributed by atoms with van der Waals surface area (Å²) in [4.78, 5) is 10.5. The van der Waals surface area contributed by atoms with Crippen LogP contribution in [0.5, 0.6) is 5.75 Å². The first kappa shape index (κ1) is 18.8. The van der Waals surface area contributed by atoms with Gasteiger partial charge in [-0.3, -0.25) is 0 Å². The highest BCUT2D eigenvalue weighted by Crippen LogP contribution is 2.35. The molecule has 1 fully saturated rings. The molecule has 1 aliphatic rings. The molecule has 0 atom stereocenters. The van der Waals surface area contributed by atoms with E-state index in [1.807, 2.05) is 4.90 Å². The second kappa shape index (κ2) is 7.86. The molecule has 0 amide bonds. The summed E-state index contributed by atoms with van der Waals surface area (Å²) in [5.41, 5.74) is 2.63. The number of halogens is 1. The lowest BCUT2D eigenvalue weighted by molar-refractivity contribution is 0.140. The molecule has 3 aromatic rings. The molecule has 146 valence electrons. The number of hydrogen-bond donors (Lipinski definition) is 1. The number of aromatic nitrogens is 2. The molecule has 0 saturated carbocycles. The maximum Gasteiger partial charge on any atom is 0.225 e. The number of nitriles is 1. The van der Waals surface area contributed by atoms with Crippen molar-refractivity contribution in [3.05, 3.63) is 71.3 Å². The number of anilines is 1. The minimum atomic E-state index is -0.394. The molecule has 1 aromatic heterocycles. The first-order chi connectivity index (χ1) is 14.1. The molecular weight excluding hydrogens is 371 g/mol. The molecule has 0 bridgehead atoms. The van der Waals surface area contributed by atoms with Gasteiger partial charge in [-0.05, 0) is 34.9 Å². The first-order valence-electron chi connectivity index (χ1n) is 9.19. The Bertz CT molecular complexity index is 1070. The standard InChI is InChI=1S/C22H19FN4O2/c1-29-19-6-5-17(21(23)20(19)16-4-2-3-14(7-16)9-24)8-15-10-25-22(26-11-15)27-12-18(28)13-27/h2-7,10-11,18,28H,8,12-13H2,1H3. The predicted molar refractivity (Wildman–Crippen MR) is 106 cm³/mol. The maximum atomic E-state index is 15.4. The number of aliphatic hydroxyl groups is 1. The summed E-state index contributed by atoms with van der Waals surface area (Å²) < 4.78 is 20.8. The Hall–Kier alpha value is -3.50. The summed E-state index contributed by atoms with van der Waals surface area (Å²) in [6, 6.07) is 12.3. The Kier molecular flexibility index (Phi) is 5.10. The lowest BCUT2D eigenvalue weighted by Crippen LogP contribution is -2.51. The Labute approximate surface area is 167 Å². The molecule has 0 unspecified atom stereocenters. The highest BCUT2D eigenvalue weighted by molar-refractivity contribution is 5.73. The van der Waals surface area contributed by atoms with E-state index >= 15 is 4.39 Å². The van der Waals surface area contributed by atoms with Gasteiger partial charge in [0.25, 0.3) is 0 Å². The van der Waals surface area contributed by atoms with Crippen LogP contribution in [0.1, 0.15) is 16.7 Å². The van der Waals surface area contributed by atoms with E-state index in [9.17, 15) is 5.11 Å². The highest BCUT2D eigenvalue weighted by atomic mass is 19.1. The van der Waals surface area contributed by atoms with E-state index in [2.05, 4.69) is 16.0 Å². The first-order valence-corrected chi connectivity index (χ1v) is 9.19. The van der Waals surface area contributed by atoms with Gasteiger partial charge < -0.3 is 14.7 Å². The summed E-state index contributed by atoms with van der Waals surface area (Å²) in [6.45, 7) is 1.05. The number of nitrogens with zero attached hydrogens (tertiary/aromatic N) is 4. The number of β-amino-alcohol motifs (C(OH)–C–C–N with tert-alkyl or cyclic N) is 1. The summed E-state index contributed by atoms with van der Waals surface area (Å²) in [5, 5.41) is 18.5. The molecule has 2 aromatic carbocycles. The third-order valence-corrected chi connectivity index (χ3v) is 4.92. The zero-order valence-corrected chi connectivity index (χ0v) is 15.8. The van der Waals surface area contributed by atoms with Crippen LogP contribution in [0.25, 0.3) is 11.1 Å². The van der Waals surface area contributed by atoms with Gasteiger partial charge in [0.2, 0.25) is 5.95 Å². The van der Waals surface area contributed by atoms with E-state index in [-0.39, 0.29) is 6.10 Å². The van der Waals surface area contributed by atoms with Crippen molar-refractivity contribution in [3.63, 3.8) is 0 Å². The Balaban J connectivity index is 1.64. The van der Waals surface area contributed by atoms with Gasteiger partial charge in [0.1, 0.15) is 11.6 Å². The van der Waals surface area contributed by atoms with Crippen LogP contribution < -0.4 is 9.64 Å². The quantitative estimate of drug-likeness (QED) is 0.721. The maximum absolute atomic E-state index is 15.4. The zero-order valence-electron chi connectivity index (χ0n) is 15.8. The molecule has 0 radical (unpaired) electrons. The average Bonchev–Trinajstić information content (AvgIpc) is 2.73. The van der Waals surface area contributed by atoms with Crippen molar-refractivity contribution >= 4 is 5.95 Å². The van der Waals surface area contributed by atoms with Crippen LogP contribution in [0.4, 0.5) is 10.3 Å². The summed E-state index contributed by atoms with van der Waals surface area (Å²) in [5.74, 6) is 0.571. The van der Waals surface area contributed by atoms with E-state index in [0.29, 0.717) is 53.5 Å². The lowest BCUT2D eigenvalue weighted by atomic mass is 9.97. The van der Waals surface area contributed by atoms with Gasteiger partial charge in [0.15, 0.2) is 0 Å². The molecule has 7 heteroatoms. The van der Waals surface area contributed by atoms with Gasteiger partial charge in [-0.2, -0.15) is 5.26 Å². The molecule has 0 aliphatic carbocycles. The normalized spacial score (nSPS) is 13.7. The Morgan fingerprint density at radius 3 is 2.66 bits per heavy atom. The van der Waals surface area contributed by atoms with Gasteiger partial charge >= 0.3 is 0 Å². The van der Waals surface area contributed by atoms with Gasteiger partial charge in [0.05, 0.1) is 30.4 Å². The van der Waals surface area contributed by atoms with Crippen molar-refractivity contribution in [1.82, 2.24) is 9.97 Å². The van der Waals surface area contributed by atoms with Crippen LogP contribution >= 0.6 is 0 Å². The molecule has 29 heavy (non-hydrogen) atoms. The third-order valence-electron chi connectivity index (χ3n) is 4.92. The van der Waals surface area contributed by atoms with Gasteiger partial charge in [-0.15, -0.1) is 0 Å². The van der Waals surface area contributed by atoms with Gasteiger partial charge in [0, 0.05) is 31.9 Å². The molecule has 6 nitrogen and oxygen atoms in total. The van der Waals surface area contributed by atoms with E-state index in [1.54, 1.807) is 48.8 Å². The van der Waals surface area contributed by atoms with Crippen LogP contribution in [0, 0.1) is 17.1 Å². The smallest absolute Gasteiger partial charge is 0.225 e. The number of ether oxygens (including phenoxy) is 1. The van der Waals surface area contributed by atoms with E-state index in [4.69, 9.17) is 10.00 Å². The topological polar surface area (TPSA) is 82.3 Å². The molecular formula is C22H19FN4O2. The number of aliphatic hydroxyl groups excluding tert-OH is 1. The van der Waals surface area contributed by atoms with Crippen molar-refractivity contribution in [2.24, 2.45) is 0 Å². The summed E-state index contributed by atoms with van der Waals surface area (Å²) >= 11 is 0. The fraction of sp³-hybridized carbons (Fsp3) is 0.227. The molecule has 0 spiro atoms. The molecule has 1 saturated heterocycles. The van der Waals surface area contributed by atoms with Crippen LogP contribution in [-0.4, -0.2) is 41.4 Å². The van der Waals surface area contributed by atoms with Crippen LogP contribution in [-0.2, 0) is 6.42 Å². The SMILES string of the molecule is COc1ccc(Cc2cnc(N3CC(O)C3)nc2)c(F)c1-c1cccc(C#N)c1. The van der Waals surface area contributed by atoms with Crippen LogP contribution in [0.15, 0.2) is 48.8 Å². The Morgan fingerprint density at radius 2 is 2.00 bits per heavy atom. The van der Waals surface area contributed by atoms with E-state index in [1.165, 1.54) is 7.11 Å². The zero-order chi connectivity index (χ0) is 20.4. The molecule has 1 aliphatic heterocycles. The minimum Gasteiger partial charge on any atom is -0.496 e. The largest absolute Gasteiger partial charge is 0.496 e. The number of methoxy groups -OCH3 is 1. The van der Waals surface area contributed by atoms with Crippen molar-refractivity contribution in [2.45, 2.75) is 12.5 Å². The van der Waals surface area contributed by atoms with Gasteiger partial charge in [-0.25, -0.2) is 14.4 Å². The van der Waals surface area contributed by atoms with Crippen molar-refractivity contribution in [3.8, 4) is 22.9 Å². The number of hydrogen-bond acceptors (Lipinski definition) is 6. The molecule has 4 rings (SSSR count). The van der Waals surface area contributed by atoms with Crippen molar-refractivity contribution in [1.29, 1.82) is 5.26 Å². The van der Waals surface area contributed by atoms with Crippen molar-refractivity contribution in [2.75, 3.05) is 25.1 Å². The van der Waals surface area contributed by atoms with E-state index in [0.717, 1.165) is 5.56 Å². The average molecular weight is 390 g/mol.